The van der Waals surface area contributed by atoms with Crippen LogP contribution in [0.5, 0.6) is 0 Å². The van der Waals surface area contributed by atoms with Crippen LogP contribution in [-0.2, 0) is 0 Å². The van der Waals surface area contributed by atoms with Gasteiger partial charge in [0.1, 0.15) is 11.5 Å². The molecule has 21 heavy (non-hydrogen) atoms. The molecule has 5 heteroatoms. The van der Waals surface area contributed by atoms with E-state index in [2.05, 4.69) is 27.5 Å². The maximum Gasteiger partial charge on any atom is 0.271 e. The van der Waals surface area contributed by atoms with Crippen LogP contribution >= 0.6 is 0 Å². The monoisotopic (exact) mass is 290 g/mol. The summed E-state index contributed by atoms with van der Waals surface area (Å²) in [5.41, 5.74) is 0.402. The van der Waals surface area contributed by atoms with Gasteiger partial charge in [-0.3, -0.25) is 4.79 Å². The number of carbonyl (C=O) groups is 1. The SMILES string of the molecule is CCCNc1cnc(C(=O)NC2CCCCCCC2)cn1. The van der Waals surface area contributed by atoms with Gasteiger partial charge in [-0.15, -0.1) is 0 Å². The summed E-state index contributed by atoms with van der Waals surface area (Å²) in [6, 6.07) is 0.289. The van der Waals surface area contributed by atoms with Crippen molar-refractivity contribution in [1.82, 2.24) is 15.3 Å². The van der Waals surface area contributed by atoms with Crippen LogP contribution in [-0.4, -0.2) is 28.5 Å². The van der Waals surface area contributed by atoms with Gasteiger partial charge in [0.15, 0.2) is 0 Å². The average molecular weight is 290 g/mol. The second-order valence-electron chi connectivity index (χ2n) is 5.73. The Kier molecular flexibility index (Phi) is 6.44. The number of nitrogens with zero attached hydrogens (tertiary/aromatic N) is 2. The van der Waals surface area contributed by atoms with Crippen molar-refractivity contribution in [2.75, 3.05) is 11.9 Å². The fourth-order valence-corrected chi connectivity index (χ4v) is 2.65. The molecule has 0 bridgehead atoms. The lowest BCUT2D eigenvalue weighted by molar-refractivity contribution is 0.0925. The quantitative estimate of drug-likeness (QED) is 0.874. The van der Waals surface area contributed by atoms with Crippen LogP contribution in [0.15, 0.2) is 12.4 Å². The highest BCUT2D eigenvalue weighted by Crippen LogP contribution is 2.17. The molecule has 0 spiro atoms. The van der Waals surface area contributed by atoms with E-state index in [-0.39, 0.29) is 11.9 Å². The molecule has 1 heterocycles. The van der Waals surface area contributed by atoms with Crippen LogP contribution < -0.4 is 10.6 Å². The standard InChI is InChI=1S/C16H26N4O/c1-2-10-17-15-12-18-14(11-19-15)16(21)20-13-8-6-4-3-5-7-9-13/h11-13H,2-10H2,1H3,(H,17,19)(H,20,21). The summed E-state index contributed by atoms with van der Waals surface area (Å²) in [4.78, 5) is 20.6. The van der Waals surface area contributed by atoms with Crippen molar-refractivity contribution in [3.63, 3.8) is 0 Å². The van der Waals surface area contributed by atoms with Crippen molar-refractivity contribution in [2.24, 2.45) is 0 Å². The van der Waals surface area contributed by atoms with Crippen LogP contribution in [0.3, 0.4) is 0 Å². The molecule has 1 aromatic heterocycles. The van der Waals surface area contributed by atoms with Crippen molar-refractivity contribution in [3.8, 4) is 0 Å². The molecule has 2 rings (SSSR count). The lowest BCUT2D eigenvalue weighted by Crippen LogP contribution is -2.35. The van der Waals surface area contributed by atoms with Gasteiger partial charge in [-0.2, -0.15) is 0 Å². The first kappa shape index (κ1) is 15.7. The van der Waals surface area contributed by atoms with E-state index in [1.54, 1.807) is 12.4 Å². The summed E-state index contributed by atoms with van der Waals surface area (Å²) in [6.07, 6.45) is 12.7. The first-order chi connectivity index (χ1) is 10.3. The van der Waals surface area contributed by atoms with E-state index in [1.807, 2.05) is 0 Å². The van der Waals surface area contributed by atoms with Crippen LogP contribution in [0.4, 0.5) is 5.82 Å². The Morgan fingerprint density at radius 3 is 2.48 bits per heavy atom. The number of anilines is 1. The molecule has 0 unspecified atom stereocenters. The molecule has 1 fully saturated rings. The minimum Gasteiger partial charge on any atom is -0.369 e. The Labute approximate surface area is 127 Å². The van der Waals surface area contributed by atoms with Gasteiger partial charge < -0.3 is 10.6 Å². The molecule has 1 aromatic rings. The van der Waals surface area contributed by atoms with Crippen LogP contribution in [0.1, 0.15) is 68.8 Å². The molecule has 0 radical (unpaired) electrons. The first-order valence-electron chi connectivity index (χ1n) is 8.16. The van der Waals surface area contributed by atoms with Gasteiger partial charge in [-0.05, 0) is 19.3 Å². The minimum absolute atomic E-state index is 0.102. The fourth-order valence-electron chi connectivity index (χ4n) is 2.65. The van der Waals surface area contributed by atoms with Crippen LogP contribution in [0, 0.1) is 0 Å². The second kappa shape index (κ2) is 8.60. The summed E-state index contributed by atoms with van der Waals surface area (Å²) in [6.45, 7) is 2.96. The Morgan fingerprint density at radius 1 is 1.14 bits per heavy atom. The van der Waals surface area contributed by atoms with Gasteiger partial charge in [0.2, 0.25) is 0 Å². The second-order valence-corrected chi connectivity index (χ2v) is 5.73. The molecular weight excluding hydrogens is 264 g/mol. The minimum atomic E-state index is -0.102. The van der Waals surface area contributed by atoms with E-state index in [0.717, 1.165) is 31.6 Å². The fraction of sp³-hybridized carbons (Fsp3) is 0.688. The third-order valence-corrected chi connectivity index (χ3v) is 3.88. The zero-order chi connectivity index (χ0) is 14.9. The summed E-state index contributed by atoms with van der Waals surface area (Å²) in [7, 11) is 0. The zero-order valence-corrected chi connectivity index (χ0v) is 12.9. The van der Waals surface area contributed by atoms with E-state index in [9.17, 15) is 4.79 Å². The third kappa shape index (κ3) is 5.33. The zero-order valence-electron chi connectivity index (χ0n) is 12.9. The van der Waals surface area contributed by atoms with E-state index in [0.29, 0.717) is 5.69 Å². The first-order valence-corrected chi connectivity index (χ1v) is 8.16. The normalized spacial score (nSPS) is 16.8. The maximum atomic E-state index is 12.2. The van der Waals surface area contributed by atoms with Gasteiger partial charge in [0.25, 0.3) is 5.91 Å². The largest absolute Gasteiger partial charge is 0.369 e. The number of rotatable bonds is 5. The van der Waals surface area contributed by atoms with Gasteiger partial charge in [0, 0.05) is 12.6 Å². The molecule has 1 amide bonds. The van der Waals surface area contributed by atoms with Crippen molar-refractivity contribution < 1.29 is 4.79 Å². The Morgan fingerprint density at radius 2 is 1.86 bits per heavy atom. The van der Waals surface area contributed by atoms with E-state index < -0.39 is 0 Å². The van der Waals surface area contributed by atoms with Gasteiger partial charge in [0.05, 0.1) is 12.4 Å². The molecule has 1 aliphatic rings. The van der Waals surface area contributed by atoms with Crippen LogP contribution in [0.2, 0.25) is 0 Å². The summed E-state index contributed by atoms with van der Waals surface area (Å²) < 4.78 is 0. The maximum absolute atomic E-state index is 12.2. The van der Waals surface area contributed by atoms with Crippen molar-refractivity contribution in [1.29, 1.82) is 0 Å². The number of nitrogens with one attached hydrogen (secondary N) is 2. The number of amides is 1. The highest BCUT2D eigenvalue weighted by Gasteiger charge is 2.16. The molecule has 116 valence electrons. The molecule has 2 N–H and O–H groups in total. The lowest BCUT2D eigenvalue weighted by Gasteiger charge is -2.20. The Hall–Kier alpha value is -1.65. The molecule has 5 nitrogen and oxygen atoms in total. The molecule has 0 atom stereocenters. The highest BCUT2D eigenvalue weighted by molar-refractivity contribution is 5.92. The van der Waals surface area contributed by atoms with Gasteiger partial charge in [-0.1, -0.05) is 39.0 Å². The number of hydrogen-bond donors (Lipinski definition) is 2. The topological polar surface area (TPSA) is 66.9 Å². The van der Waals surface area contributed by atoms with E-state index in [1.165, 1.54) is 32.1 Å². The number of carbonyl (C=O) groups excluding carboxylic acids is 1. The van der Waals surface area contributed by atoms with Gasteiger partial charge in [-0.25, -0.2) is 9.97 Å². The third-order valence-electron chi connectivity index (χ3n) is 3.88. The van der Waals surface area contributed by atoms with E-state index in [4.69, 9.17) is 0 Å². The summed E-state index contributed by atoms with van der Waals surface area (Å²) >= 11 is 0. The summed E-state index contributed by atoms with van der Waals surface area (Å²) in [5.74, 6) is 0.620. The smallest absolute Gasteiger partial charge is 0.271 e. The predicted octanol–water partition coefficient (Wildman–Crippen LogP) is 3.14. The van der Waals surface area contributed by atoms with E-state index >= 15 is 0 Å². The number of hydrogen-bond acceptors (Lipinski definition) is 4. The van der Waals surface area contributed by atoms with Crippen molar-refractivity contribution in [2.45, 2.75) is 64.3 Å². The number of aromatic nitrogens is 2. The van der Waals surface area contributed by atoms with Crippen molar-refractivity contribution >= 4 is 11.7 Å². The Balaban J connectivity index is 1.86. The summed E-state index contributed by atoms with van der Waals surface area (Å²) in [5, 5.41) is 6.26. The molecule has 1 saturated carbocycles. The van der Waals surface area contributed by atoms with Crippen LogP contribution in [0.25, 0.3) is 0 Å². The molecule has 0 aliphatic heterocycles. The lowest BCUT2D eigenvalue weighted by atomic mass is 9.96. The highest BCUT2D eigenvalue weighted by atomic mass is 16.1. The molecular formula is C16H26N4O. The Bertz CT molecular complexity index is 424. The molecule has 0 aromatic carbocycles. The van der Waals surface area contributed by atoms with Crippen molar-refractivity contribution in [3.05, 3.63) is 18.1 Å². The average Bonchev–Trinajstić information content (AvgIpc) is 2.48. The molecule has 0 saturated heterocycles. The predicted molar refractivity (Wildman–Crippen MR) is 84.4 cm³/mol. The van der Waals surface area contributed by atoms with Gasteiger partial charge >= 0.3 is 0 Å². The molecule has 1 aliphatic carbocycles.